The largest absolute Gasteiger partial charge is 0.741 e. The van der Waals surface area contributed by atoms with E-state index in [2.05, 4.69) is 0 Å². The van der Waals surface area contributed by atoms with E-state index in [-0.39, 0.29) is 6.02 Å². The third kappa shape index (κ3) is 7.74. The van der Waals surface area contributed by atoms with E-state index in [9.17, 15) is 13.2 Å². The van der Waals surface area contributed by atoms with Gasteiger partial charge in [-0.05, 0) is 0 Å². The number of halogens is 3. The van der Waals surface area contributed by atoms with E-state index in [0.29, 0.717) is 0 Å². The van der Waals surface area contributed by atoms with Crippen LogP contribution in [0.25, 0.3) is 0 Å². The van der Waals surface area contributed by atoms with E-state index in [4.69, 9.17) is 37.1 Å². The lowest BCUT2D eigenvalue weighted by Gasteiger charge is -2.09. The molecular formula is C7H15F3N2O8S. The molecule has 0 aromatic carbocycles. The number of ether oxygens (including phenoxy) is 1. The minimum atomic E-state index is -6.09. The molecule has 0 radical (unpaired) electrons. The maximum atomic E-state index is 10.7. The molecule has 0 aromatic heterocycles. The van der Waals surface area contributed by atoms with Crippen molar-refractivity contribution in [3.63, 3.8) is 0 Å². The summed E-state index contributed by atoms with van der Waals surface area (Å²) in [6, 6.07) is 0.106. The van der Waals surface area contributed by atoms with E-state index in [1.165, 1.54) is 35.5 Å². The molecule has 0 rings (SSSR count). The fourth-order valence-corrected chi connectivity index (χ4v) is 0.677. The first-order valence-electron chi connectivity index (χ1n) is 4.69. The summed E-state index contributed by atoms with van der Waals surface area (Å²) >= 11 is 0. The van der Waals surface area contributed by atoms with Gasteiger partial charge in [0.25, 0.3) is 0 Å². The second kappa shape index (κ2) is 9.43. The summed E-state index contributed by atoms with van der Waals surface area (Å²) < 4.78 is 63.8. The first kappa shape index (κ1) is 21.8. The highest BCUT2D eigenvalue weighted by atomic mass is 32.2. The SMILES string of the molecule is COC(N(OC)OC)=[N+](OC)OC.O=S(=O)([O-])C(F)(F)F. The Bertz CT molecular complexity index is 414. The average Bonchev–Trinajstić information content (AvgIpc) is 2.37. The highest BCUT2D eigenvalue weighted by Crippen LogP contribution is 2.20. The molecule has 14 heteroatoms. The highest BCUT2D eigenvalue weighted by Gasteiger charge is 2.36. The molecule has 0 spiro atoms. The molecule has 0 aliphatic heterocycles. The Morgan fingerprint density at radius 1 is 1.05 bits per heavy atom. The Kier molecular flexibility index (Phi) is 9.78. The van der Waals surface area contributed by atoms with E-state index in [0.717, 1.165) is 10.1 Å². The van der Waals surface area contributed by atoms with Gasteiger partial charge in [-0.2, -0.15) is 22.8 Å². The van der Waals surface area contributed by atoms with Gasteiger partial charge in [0, 0.05) is 0 Å². The van der Waals surface area contributed by atoms with E-state index in [1.54, 1.807) is 0 Å². The molecule has 0 saturated heterocycles. The standard InChI is InChI=1S/C6H15N2O5.CHF3O3S/c1-9-6(7(10-2)11-3)8(12-4)13-5;2-1(3,4)8(5,6)7/h1-5H3;(H,5,6,7)/q+1;/p-1. The second-order valence-electron chi connectivity index (χ2n) is 2.63. The van der Waals surface area contributed by atoms with Crippen LogP contribution >= 0.6 is 0 Å². The van der Waals surface area contributed by atoms with Crippen molar-refractivity contribution >= 4 is 16.1 Å². The van der Waals surface area contributed by atoms with Crippen molar-refractivity contribution in [1.29, 1.82) is 0 Å². The number of hydrogen-bond donors (Lipinski definition) is 0. The summed E-state index contributed by atoms with van der Waals surface area (Å²) in [6.45, 7) is 0. The van der Waals surface area contributed by atoms with Crippen LogP contribution in [0.2, 0.25) is 0 Å². The monoisotopic (exact) mass is 344 g/mol. The summed E-state index contributed by atoms with van der Waals surface area (Å²) in [5.41, 5.74) is -5.65. The van der Waals surface area contributed by atoms with Gasteiger partial charge in [-0.3, -0.25) is 0 Å². The zero-order valence-corrected chi connectivity index (χ0v) is 12.5. The third-order valence-corrected chi connectivity index (χ3v) is 2.01. The minimum absolute atomic E-state index is 0.106. The fraction of sp³-hybridized carbons (Fsp3) is 0.857. The summed E-state index contributed by atoms with van der Waals surface area (Å²) in [4.78, 5) is 20.1. The number of amidine groups is 1. The molecule has 0 fully saturated rings. The Morgan fingerprint density at radius 3 is 1.52 bits per heavy atom. The minimum Gasteiger partial charge on any atom is -0.741 e. The van der Waals surface area contributed by atoms with Crippen LogP contribution in [0.3, 0.4) is 0 Å². The molecule has 10 nitrogen and oxygen atoms in total. The van der Waals surface area contributed by atoms with Crippen molar-refractivity contribution in [2.45, 2.75) is 5.51 Å². The molecule has 128 valence electrons. The zero-order valence-electron chi connectivity index (χ0n) is 11.7. The van der Waals surface area contributed by atoms with Gasteiger partial charge >= 0.3 is 11.5 Å². The summed E-state index contributed by atoms with van der Waals surface area (Å²) in [5.74, 6) is 0. The zero-order chi connectivity index (χ0) is 17.3. The van der Waals surface area contributed by atoms with Gasteiger partial charge in [0.2, 0.25) is 0 Å². The molecule has 0 bridgehead atoms. The molecular weight excluding hydrogens is 329 g/mol. The van der Waals surface area contributed by atoms with Gasteiger partial charge in [0.05, 0.1) is 26.6 Å². The number of alkyl halides is 3. The van der Waals surface area contributed by atoms with Crippen molar-refractivity contribution in [2.24, 2.45) is 0 Å². The normalized spacial score (nSPS) is 10.9. The molecule has 0 saturated carbocycles. The number of rotatable bonds is 4. The lowest BCUT2D eigenvalue weighted by molar-refractivity contribution is -0.965. The fourth-order valence-electron chi connectivity index (χ4n) is 0.677. The number of methoxy groups -OCH3 is 1. The van der Waals surface area contributed by atoms with Gasteiger partial charge in [0.15, 0.2) is 15.0 Å². The average molecular weight is 344 g/mol. The first-order chi connectivity index (χ1) is 9.49. The van der Waals surface area contributed by atoms with Gasteiger partial charge in [0.1, 0.15) is 14.2 Å². The Hall–Kier alpha value is -1.51. The van der Waals surface area contributed by atoms with Crippen LogP contribution in [0.4, 0.5) is 13.2 Å². The first-order valence-corrected chi connectivity index (χ1v) is 6.10. The van der Waals surface area contributed by atoms with Crippen LogP contribution in [0.5, 0.6) is 0 Å². The van der Waals surface area contributed by atoms with Crippen molar-refractivity contribution in [3.8, 4) is 0 Å². The maximum Gasteiger partial charge on any atom is 0.592 e. The molecule has 0 unspecified atom stereocenters. The van der Waals surface area contributed by atoms with Crippen molar-refractivity contribution in [2.75, 3.05) is 35.5 Å². The maximum absolute atomic E-state index is 10.7. The molecule has 0 amide bonds. The van der Waals surface area contributed by atoms with Crippen LogP contribution < -0.4 is 0 Å². The second-order valence-corrected chi connectivity index (χ2v) is 4.00. The molecule has 0 atom stereocenters. The summed E-state index contributed by atoms with van der Waals surface area (Å²) in [6.07, 6.45) is 0. The predicted octanol–water partition coefficient (Wildman–Crippen LogP) is -0.400. The van der Waals surface area contributed by atoms with Gasteiger partial charge in [-0.1, -0.05) is 0 Å². The summed E-state index contributed by atoms with van der Waals surface area (Å²) in [5, 5.41) is 0.979. The van der Waals surface area contributed by atoms with Gasteiger partial charge in [-0.15, -0.1) is 0 Å². The lowest BCUT2D eigenvalue weighted by Crippen LogP contribution is -2.37. The van der Waals surface area contributed by atoms with Crippen molar-refractivity contribution in [1.82, 2.24) is 5.23 Å². The molecule has 0 N–H and O–H groups in total. The van der Waals surface area contributed by atoms with E-state index < -0.39 is 15.6 Å². The van der Waals surface area contributed by atoms with Crippen LogP contribution in [-0.2, 0) is 34.2 Å². The summed E-state index contributed by atoms with van der Waals surface area (Å²) in [7, 11) is 0.967. The highest BCUT2D eigenvalue weighted by molar-refractivity contribution is 7.86. The molecule has 0 aliphatic carbocycles. The Balaban J connectivity index is 0. The van der Waals surface area contributed by atoms with E-state index in [1.807, 2.05) is 0 Å². The van der Waals surface area contributed by atoms with Crippen molar-refractivity contribution < 1.29 is 55.1 Å². The van der Waals surface area contributed by atoms with E-state index >= 15 is 0 Å². The van der Waals surface area contributed by atoms with Crippen molar-refractivity contribution in [3.05, 3.63) is 0 Å². The molecule has 0 heterocycles. The number of nitrogens with zero attached hydrogens (tertiary/aromatic N) is 2. The number of hydroxylamine groups is 2. The van der Waals surface area contributed by atoms with Gasteiger partial charge in [-0.25, -0.2) is 8.42 Å². The Morgan fingerprint density at radius 2 is 1.38 bits per heavy atom. The topological polar surface area (TPSA) is 110 Å². The molecule has 0 aliphatic rings. The third-order valence-electron chi connectivity index (χ3n) is 1.44. The van der Waals surface area contributed by atoms with Gasteiger partial charge < -0.3 is 19.0 Å². The molecule has 0 aromatic rings. The quantitative estimate of drug-likeness (QED) is 0.221. The van der Waals surface area contributed by atoms with Crippen LogP contribution in [0.15, 0.2) is 0 Å². The van der Waals surface area contributed by atoms with Crippen LogP contribution in [0, 0.1) is 0 Å². The van der Waals surface area contributed by atoms with Crippen LogP contribution in [0.1, 0.15) is 0 Å². The number of hydrogen-bond acceptors (Lipinski definition) is 8. The lowest BCUT2D eigenvalue weighted by atomic mass is 11.1. The molecule has 21 heavy (non-hydrogen) atoms. The smallest absolute Gasteiger partial charge is 0.592 e. The predicted molar refractivity (Wildman–Crippen MR) is 57.9 cm³/mol. The van der Waals surface area contributed by atoms with Crippen LogP contribution in [-0.4, -0.2) is 70.2 Å². The Labute approximate surface area is 118 Å².